The third-order valence-corrected chi connectivity index (χ3v) is 4.15. The summed E-state index contributed by atoms with van der Waals surface area (Å²) in [5.41, 5.74) is 2.15. The first kappa shape index (κ1) is 17.6. The van der Waals surface area contributed by atoms with Gasteiger partial charge in [0.1, 0.15) is 5.65 Å². The third kappa shape index (κ3) is 3.56. The van der Waals surface area contributed by atoms with Crippen molar-refractivity contribution in [1.29, 1.82) is 0 Å². The lowest BCUT2D eigenvalue weighted by molar-refractivity contribution is -0.116. The Morgan fingerprint density at radius 2 is 1.92 bits per heavy atom. The van der Waals surface area contributed by atoms with Gasteiger partial charge in [0.15, 0.2) is 0 Å². The van der Waals surface area contributed by atoms with E-state index in [0.717, 1.165) is 23.2 Å². The largest absolute Gasteiger partial charge is 0.324 e. The molecule has 134 valence electrons. The van der Waals surface area contributed by atoms with E-state index in [4.69, 9.17) is 0 Å². The second-order valence-corrected chi connectivity index (χ2v) is 6.05. The van der Waals surface area contributed by atoms with Gasteiger partial charge in [0.25, 0.3) is 5.56 Å². The molecule has 0 aliphatic carbocycles. The SMILES string of the molecule is CCCn1c(=O)ccc2cnc(Nc3ccc(N(C)C(C)=O)cc3)nc21. The number of amides is 1. The fourth-order valence-corrected chi connectivity index (χ4v) is 2.65. The molecule has 2 aromatic heterocycles. The molecule has 0 saturated carbocycles. The van der Waals surface area contributed by atoms with Crippen molar-refractivity contribution < 1.29 is 4.79 Å². The van der Waals surface area contributed by atoms with Gasteiger partial charge >= 0.3 is 0 Å². The van der Waals surface area contributed by atoms with Crippen LogP contribution < -0.4 is 15.8 Å². The third-order valence-electron chi connectivity index (χ3n) is 4.15. The molecule has 26 heavy (non-hydrogen) atoms. The normalized spacial score (nSPS) is 10.7. The minimum atomic E-state index is -0.0689. The molecule has 0 aliphatic heterocycles. The molecular formula is C19H21N5O2. The summed E-state index contributed by atoms with van der Waals surface area (Å²) in [7, 11) is 1.73. The van der Waals surface area contributed by atoms with Gasteiger partial charge < -0.3 is 10.2 Å². The summed E-state index contributed by atoms with van der Waals surface area (Å²) in [5, 5.41) is 3.96. The summed E-state index contributed by atoms with van der Waals surface area (Å²) < 4.78 is 1.66. The fraction of sp³-hybridized carbons (Fsp3) is 0.263. The predicted molar refractivity (Wildman–Crippen MR) is 103 cm³/mol. The monoisotopic (exact) mass is 351 g/mol. The summed E-state index contributed by atoms with van der Waals surface area (Å²) in [4.78, 5) is 33.9. The zero-order valence-electron chi connectivity index (χ0n) is 15.1. The first-order valence-corrected chi connectivity index (χ1v) is 8.47. The van der Waals surface area contributed by atoms with Crippen LogP contribution in [0.25, 0.3) is 11.0 Å². The molecule has 1 amide bonds. The van der Waals surface area contributed by atoms with Crippen LogP contribution in [0.4, 0.5) is 17.3 Å². The fourth-order valence-electron chi connectivity index (χ4n) is 2.65. The number of aryl methyl sites for hydroxylation is 1. The molecular weight excluding hydrogens is 330 g/mol. The first-order valence-electron chi connectivity index (χ1n) is 8.47. The Bertz CT molecular complexity index is 995. The van der Waals surface area contributed by atoms with Crippen molar-refractivity contribution in [3.8, 4) is 0 Å². The summed E-state index contributed by atoms with van der Waals surface area (Å²) in [6.07, 6.45) is 2.55. The number of hydrogen-bond acceptors (Lipinski definition) is 5. The van der Waals surface area contributed by atoms with Gasteiger partial charge in [-0.05, 0) is 36.8 Å². The first-order chi connectivity index (χ1) is 12.5. The molecule has 3 aromatic rings. The number of carbonyl (C=O) groups excluding carboxylic acids is 1. The van der Waals surface area contributed by atoms with Gasteiger partial charge in [0.05, 0.1) is 0 Å². The van der Waals surface area contributed by atoms with Gasteiger partial charge in [-0.15, -0.1) is 0 Å². The number of benzene rings is 1. The van der Waals surface area contributed by atoms with Crippen LogP contribution in [-0.2, 0) is 11.3 Å². The molecule has 3 rings (SSSR count). The maximum Gasteiger partial charge on any atom is 0.252 e. The molecule has 0 fully saturated rings. The summed E-state index contributed by atoms with van der Waals surface area (Å²) in [6.45, 7) is 4.15. The van der Waals surface area contributed by atoms with E-state index in [0.29, 0.717) is 18.1 Å². The average Bonchev–Trinajstić information content (AvgIpc) is 2.64. The second kappa shape index (κ2) is 7.35. The summed E-state index contributed by atoms with van der Waals surface area (Å²) >= 11 is 0. The lowest BCUT2D eigenvalue weighted by Crippen LogP contribution is -2.22. The Balaban J connectivity index is 1.90. The number of pyridine rings is 1. The zero-order chi connectivity index (χ0) is 18.7. The highest BCUT2D eigenvalue weighted by Gasteiger charge is 2.08. The number of nitrogens with one attached hydrogen (secondary N) is 1. The highest BCUT2D eigenvalue weighted by molar-refractivity contribution is 5.91. The van der Waals surface area contributed by atoms with Crippen molar-refractivity contribution in [1.82, 2.24) is 14.5 Å². The van der Waals surface area contributed by atoms with Gasteiger partial charge in [-0.2, -0.15) is 4.98 Å². The van der Waals surface area contributed by atoms with Crippen molar-refractivity contribution in [3.63, 3.8) is 0 Å². The molecule has 0 bridgehead atoms. The zero-order valence-corrected chi connectivity index (χ0v) is 15.1. The van der Waals surface area contributed by atoms with E-state index in [2.05, 4.69) is 15.3 Å². The Hall–Kier alpha value is -3.22. The molecule has 7 heteroatoms. The van der Waals surface area contributed by atoms with Crippen LogP contribution in [0.1, 0.15) is 20.3 Å². The number of anilines is 3. The van der Waals surface area contributed by atoms with Crippen LogP contribution in [0, 0.1) is 0 Å². The maximum absolute atomic E-state index is 12.1. The number of carbonyl (C=O) groups is 1. The van der Waals surface area contributed by atoms with Crippen molar-refractivity contribution in [2.75, 3.05) is 17.3 Å². The smallest absolute Gasteiger partial charge is 0.252 e. The molecule has 0 unspecified atom stereocenters. The number of fused-ring (bicyclic) bond motifs is 1. The highest BCUT2D eigenvalue weighted by atomic mass is 16.2. The van der Waals surface area contributed by atoms with Crippen LogP contribution in [0.15, 0.2) is 47.4 Å². The van der Waals surface area contributed by atoms with E-state index in [9.17, 15) is 9.59 Å². The van der Waals surface area contributed by atoms with Crippen molar-refractivity contribution in [2.24, 2.45) is 0 Å². The van der Waals surface area contributed by atoms with Crippen LogP contribution in [0.3, 0.4) is 0 Å². The number of rotatable bonds is 5. The second-order valence-electron chi connectivity index (χ2n) is 6.05. The number of aromatic nitrogens is 3. The summed E-state index contributed by atoms with van der Waals surface area (Å²) in [5.74, 6) is 0.387. The van der Waals surface area contributed by atoms with E-state index in [1.54, 1.807) is 34.8 Å². The van der Waals surface area contributed by atoms with Gasteiger partial charge in [-0.25, -0.2) is 4.98 Å². The molecule has 1 aromatic carbocycles. The average molecular weight is 351 g/mol. The molecule has 1 N–H and O–H groups in total. The van der Waals surface area contributed by atoms with Crippen molar-refractivity contribution in [3.05, 3.63) is 52.9 Å². The minimum absolute atomic E-state index is 0.0301. The van der Waals surface area contributed by atoms with Crippen molar-refractivity contribution in [2.45, 2.75) is 26.8 Å². The minimum Gasteiger partial charge on any atom is -0.324 e. The molecule has 0 saturated heterocycles. The van der Waals surface area contributed by atoms with Crippen LogP contribution in [-0.4, -0.2) is 27.5 Å². The number of nitrogens with zero attached hydrogens (tertiary/aromatic N) is 4. The highest BCUT2D eigenvalue weighted by Crippen LogP contribution is 2.20. The lowest BCUT2D eigenvalue weighted by Gasteiger charge is -2.15. The Morgan fingerprint density at radius 3 is 2.58 bits per heavy atom. The van der Waals surface area contributed by atoms with Gasteiger partial charge in [0.2, 0.25) is 11.9 Å². The van der Waals surface area contributed by atoms with E-state index in [-0.39, 0.29) is 11.5 Å². The maximum atomic E-state index is 12.1. The Morgan fingerprint density at radius 1 is 1.19 bits per heavy atom. The molecule has 0 radical (unpaired) electrons. The standard InChI is InChI=1S/C19H21N5O2/c1-4-11-24-17(26)10-5-14-12-20-19(22-18(14)24)21-15-6-8-16(9-7-15)23(3)13(2)25/h5-10,12H,4,11H2,1-3H3,(H,20,21,22). The lowest BCUT2D eigenvalue weighted by atomic mass is 10.2. The van der Waals surface area contributed by atoms with Crippen LogP contribution in [0.2, 0.25) is 0 Å². The predicted octanol–water partition coefficient (Wildman–Crippen LogP) is 2.93. The van der Waals surface area contributed by atoms with Crippen LogP contribution in [0.5, 0.6) is 0 Å². The van der Waals surface area contributed by atoms with Crippen LogP contribution >= 0.6 is 0 Å². The van der Waals surface area contributed by atoms with Gasteiger partial charge in [-0.3, -0.25) is 14.2 Å². The van der Waals surface area contributed by atoms with E-state index in [1.165, 1.54) is 6.92 Å². The molecule has 0 spiro atoms. The Kier molecular flexibility index (Phi) is 4.97. The quantitative estimate of drug-likeness (QED) is 0.764. The molecule has 0 aliphatic rings. The molecule has 7 nitrogen and oxygen atoms in total. The number of hydrogen-bond donors (Lipinski definition) is 1. The van der Waals surface area contributed by atoms with Crippen molar-refractivity contribution >= 4 is 34.3 Å². The Labute approximate surface area is 151 Å². The van der Waals surface area contributed by atoms with Gasteiger partial charge in [0, 0.05) is 49.5 Å². The topological polar surface area (TPSA) is 80.1 Å². The molecule has 0 atom stereocenters. The van der Waals surface area contributed by atoms with E-state index < -0.39 is 0 Å². The van der Waals surface area contributed by atoms with E-state index in [1.807, 2.05) is 31.2 Å². The summed E-state index contributed by atoms with van der Waals surface area (Å²) in [6, 6.07) is 10.7. The molecule has 2 heterocycles. The van der Waals surface area contributed by atoms with E-state index >= 15 is 0 Å². The van der Waals surface area contributed by atoms with Gasteiger partial charge in [-0.1, -0.05) is 6.92 Å².